The largest absolute Gasteiger partial charge is 0.326 e. The van der Waals surface area contributed by atoms with Crippen molar-refractivity contribution in [2.75, 3.05) is 5.32 Å². The number of aryl methyl sites for hydroxylation is 1. The molecule has 0 bridgehead atoms. The summed E-state index contributed by atoms with van der Waals surface area (Å²) in [6.07, 6.45) is 1.47. The average molecular weight is 393 g/mol. The van der Waals surface area contributed by atoms with Crippen LogP contribution in [0.5, 0.6) is 0 Å². The fraction of sp³-hybridized carbons (Fsp3) is 0.278. The van der Waals surface area contributed by atoms with E-state index in [2.05, 4.69) is 66.0 Å². The lowest BCUT2D eigenvalue weighted by atomic mass is 9.97. The zero-order valence-corrected chi connectivity index (χ0v) is 14.6. The molecule has 0 saturated heterocycles. The summed E-state index contributed by atoms with van der Waals surface area (Å²) in [4.78, 5) is 12.1. The number of hydrogen-bond donors (Lipinski definition) is 1. The summed E-state index contributed by atoms with van der Waals surface area (Å²) in [6, 6.07) is 16.3. The molecule has 110 valence electrons. The number of rotatable bonds is 5. The number of carbonyl (C=O) groups is 1. The minimum absolute atomic E-state index is 0.0800. The van der Waals surface area contributed by atoms with Crippen LogP contribution in [0.15, 0.2) is 48.5 Å². The SMILES string of the molecule is Cc1cccc(C[C@H](C)CC(=O)Nc2ccc(I)cc2)c1. The second-order valence-electron chi connectivity index (χ2n) is 5.56. The van der Waals surface area contributed by atoms with Crippen LogP contribution < -0.4 is 5.32 Å². The number of halogens is 1. The molecule has 21 heavy (non-hydrogen) atoms. The highest BCUT2D eigenvalue weighted by atomic mass is 127. The van der Waals surface area contributed by atoms with Gasteiger partial charge in [0.1, 0.15) is 0 Å². The maximum absolute atomic E-state index is 12.1. The first-order valence-electron chi connectivity index (χ1n) is 7.14. The molecule has 1 atom stereocenters. The topological polar surface area (TPSA) is 29.1 Å². The Morgan fingerprint density at radius 3 is 2.57 bits per heavy atom. The van der Waals surface area contributed by atoms with Gasteiger partial charge in [-0.25, -0.2) is 0 Å². The Labute approximate surface area is 140 Å². The Kier molecular flexibility index (Phi) is 5.79. The van der Waals surface area contributed by atoms with Gasteiger partial charge in [-0.05, 0) is 71.7 Å². The highest BCUT2D eigenvalue weighted by molar-refractivity contribution is 14.1. The molecule has 0 radical (unpaired) electrons. The van der Waals surface area contributed by atoms with E-state index in [9.17, 15) is 4.79 Å². The molecule has 3 heteroatoms. The zero-order chi connectivity index (χ0) is 15.2. The summed E-state index contributed by atoms with van der Waals surface area (Å²) >= 11 is 2.25. The van der Waals surface area contributed by atoms with E-state index in [1.807, 2.05) is 24.3 Å². The molecule has 1 amide bonds. The summed E-state index contributed by atoms with van der Waals surface area (Å²) in [7, 11) is 0. The molecule has 0 aromatic heterocycles. The Morgan fingerprint density at radius 1 is 1.19 bits per heavy atom. The highest BCUT2D eigenvalue weighted by Crippen LogP contribution is 2.16. The van der Waals surface area contributed by atoms with Crippen LogP contribution in [0.4, 0.5) is 5.69 Å². The predicted octanol–water partition coefficient (Wildman–Crippen LogP) is 4.81. The van der Waals surface area contributed by atoms with Gasteiger partial charge >= 0.3 is 0 Å². The van der Waals surface area contributed by atoms with E-state index in [-0.39, 0.29) is 5.91 Å². The van der Waals surface area contributed by atoms with Crippen LogP contribution in [0.25, 0.3) is 0 Å². The van der Waals surface area contributed by atoms with Gasteiger partial charge in [0.05, 0.1) is 0 Å². The molecule has 0 aliphatic rings. The van der Waals surface area contributed by atoms with Crippen LogP contribution in [0.1, 0.15) is 24.5 Å². The number of anilines is 1. The van der Waals surface area contributed by atoms with E-state index < -0.39 is 0 Å². The molecule has 2 aromatic rings. The third kappa shape index (κ3) is 5.50. The van der Waals surface area contributed by atoms with Crippen LogP contribution in [0.3, 0.4) is 0 Å². The van der Waals surface area contributed by atoms with Crippen molar-refractivity contribution >= 4 is 34.2 Å². The van der Waals surface area contributed by atoms with Crippen LogP contribution >= 0.6 is 22.6 Å². The lowest BCUT2D eigenvalue weighted by molar-refractivity contribution is -0.116. The predicted molar refractivity (Wildman–Crippen MR) is 96.5 cm³/mol. The molecule has 0 fully saturated rings. The summed E-state index contributed by atoms with van der Waals surface area (Å²) in [5.74, 6) is 0.409. The standard InChI is InChI=1S/C18H20INO/c1-13-4-3-5-15(10-13)11-14(2)12-18(21)20-17-8-6-16(19)7-9-17/h3-10,14H,11-12H2,1-2H3,(H,20,21)/t14-/m0/s1. The van der Waals surface area contributed by atoms with Gasteiger partial charge in [0.2, 0.25) is 5.91 Å². The second-order valence-corrected chi connectivity index (χ2v) is 6.80. The molecule has 2 aromatic carbocycles. The Morgan fingerprint density at radius 2 is 1.90 bits per heavy atom. The van der Waals surface area contributed by atoms with Gasteiger partial charge in [0.25, 0.3) is 0 Å². The fourth-order valence-corrected chi connectivity index (χ4v) is 2.73. The fourth-order valence-electron chi connectivity index (χ4n) is 2.38. The van der Waals surface area contributed by atoms with Crippen LogP contribution in [0.2, 0.25) is 0 Å². The summed E-state index contributed by atoms with van der Waals surface area (Å²) in [5, 5.41) is 2.95. The van der Waals surface area contributed by atoms with E-state index >= 15 is 0 Å². The second kappa shape index (κ2) is 7.59. The molecule has 0 aliphatic heterocycles. The van der Waals surface area contributed by atoms with Crippen molar-refractivity contribution in [1.29, 1.82) is 0 Å². The minimum Gasteiger partial charge on any atom is -0.326 e. The molecular weight excluding hydrogens is 373 g/mol. The molecule has 0 saturated carbocycles. The number of nitrogens with one attached hydrogen (secondary N) is 1. The van der Waals surface area contributed by atoms with Gasteiger partial charge < -0.3 is 5.32 Å². The molecule has 0 spiro atoms. The normalized spacial score (nSPS) is 12.0. The third-order valence-electron chi connectivity index (χ3n) is 3.33. The van der Waals surface area contributed by atoms with Crippen molar-refractivity contribution in [3.05, 3.63) is 63.2 Å². The van der Waals surface area contributed by atoms with E-state index in [0.717, 1.165) is 12.1 Å². The van der Waals surface area contributed by atoms with Gasteiger partial charge in [-0.1, -0.05) is 36.8 Å². The smallest absolute Gasteiger partial charge is 0.224 e. The minimum atomic E-state index is 0.0800. The van der Waals surface area contributed by atoms with Gasteiger partial charge in [-0.15, -0.1) is 0 Å². The summed E-state index contributed by atoms with van der Waals surface area (Å²) in [5.41, 5.74) is 3.43. The Balaban J connectivity index is 1.86. The maximum atomic E-state index is 12.1. The van der Waals surface area contributed by atoms with Gasteiger partial charge in [0, 0.05) is 15.7 Å². The average Bonchev–Trinajstić information content (AvgIpc) is 2.41. The Hall–Kier alpha value is -1.36. The number of benzene rings is 2. The molecular formula is C18H20INO. The first-order chi connectivity index (χ1) is 10.0. The molecule has 2 nitrogen and oxygen atoms in total. The van der Waals surface area contributed by atoms with Gasteiger partial charge in [-0.3, -0.25) is 4.79 Å². The summed E-state index contributed by atoms with van der Waals surface area (Å²) < 4.78 is 1.17. The zero-order valence-electron chi connectivity index (χ0n) is 12.4. The van der Waals surface area contributed by atoms with Crippen molar-refractivity contribution in [3.63, 3.8) is 0 Å². The quantitative estimate of drug-likeness (QED) is 0.726. The van der Waals surface area contributed by atoms with E-state index in [1.54, 1.807) is 0 Å². The Bertz CT molecular complexity index is 607. The highest BCUT2D eigenvalue weighted by Gasteiger charge is 2.10. The molecule has 0 aliphatic carbocycles. The first kappa shape index (κ1) is 16.0. The van der Waals surface area contributed by atoms with Crippen molar-refractivity contribution < 1.29 is 4.79 Å². The number of carbonyl (C=O) groups excluding carboxylic acids is 1. The van der Waals surface area contributed by atoms with E-state index in [4.69, 9.17) is 0 Å². The van der Waals surface area contributed by atoms with Crippen LogP contribution in [-0.2, 0) is 11.2 Å². The lowest BCUT2D eigenvalue weighted by Crippen LogP contribution is -2.16. The molecule has 2 rings (SSSR count). The van der Waals surface area contributed by atoms with Gasteiger partial charge in [-0.2, -0.15) is 0 Å². The van der Waals surface area contributed by atoms with Crippen LogP contribution in [0, 0.1) is 16.4 Å². The van der Waals surface area contributed by atoms with Gasteiger partial charge in [0.15, 0.2) is 0 Å². The van der Waals surface area contributed by atoms with Crippen molar-refractivity contribution in [1.82, 2.24) is 0 Å². The van der Waals surface area contributed by atoms with Crippen LogP contribution in [-0.4, -0.2) is 5.91 Å². The summed E-state index contributed by atoms with van der Waals surface area (Å²) in [6.45, 7) is 4.22. The molecule has 0 heterocycles. The first-order valence-corrected chi connectivity index (χ1v) is 8.22. The number of amides is 1. The third-order valence-corrected chi connectivity index (χ3v) is 4.05. The number of hydrogen-bond acceptors (Lipinski definition) is 1. The van der Waals surface area contributed by atoms with Crippen molar-refractivity contribution in [2.24, 2.45) is 5.92 Å². The molecule has 1 N–H and O–H groups in total. The molecule has 0 unspecified atom stereocenters. The van der Waals surface area contributed by atoms with E-state index in [1.165, 1.54) is 14.7 Å². The maximum Gasteiger partial charge on any atom is 0.224 e. The van der Waals surface area contributed by atoms with Crippen molar-refractivity contribution in [2.45, 2.75) is 26.7 Å². The van der Waals surface area contributed by atoms with Crippen molar-refractivity contribution in [3.8, 4) is 0 Å². The monoisotopic (exact) mass is 393 g/mol. The lowest BCUT2D eigenvalue weighted by Gasteiger charge is -2.12. The van der Waals surface area contributed by atoms with E-state index in [0.29, 0.717) is 12.3 Å².